The molecule has 2 rings (SSSR count). The van der Waals surface area contributed by atoms with Gasteiger partial charge in [-0.3, -0.25) is 19.7 Å². The molecule has 0 aliphatic heterocycles. The maximum absolute atomic E-state index is 12.0. The maximum Gasteiger partial charge on any atom is 0.387 e. The lowest BCUT2D eigenvalue weighted by Crippen LogP contribution is -2.34. The van der Waals surface area contributed by atoms with Crippen LogP contribution in [0.15, 0.2) is 36.4 Å². The molecule has 1 atom stereocenters. The highest BCUT2D eigenvalue weighted by Crippen LogP contribution is 2.20. The highest BCUT2D eigenvalue weighted by molar-refractivity contribution is 6.05. The smallest absolute Gasteiger partial charge is 0.387 e. The van der Waals surface area contributed by atoms with E-state index in [1.807, 2.05) is 17.5 Å². The topological polar surface area (TPSA) is 81.7 Å². The summed E-state index contributed by atoms with van der Waals surface area (Å²) in [6.45, 7) is -3.52. The highest BCUT2D eigenvalue weighted by atomic mass is 19.3. The van der Waals surface area contributed by atoms with Crippen LogP contribution in [0.25, 0.3) is 0 Å². The summed E-state index contributed by atoms with van der Waals surface area (Å²) in [4.78, 5) is 35.1. The number of ether oxygens (including phenoxy) is 2. The van der Waals surface area contributed by atoms with Crippen LogP contribution in [-0.4, -0.2) is 31.0 Å². The van der Waals surface area contributed by atoms with Crippen LogP contribution in [0.5, 0.6) is 5.75 Å². The molecule has 0 heterocycles. The van der Waals surface area contributed by atoms with Crippen molar-refractivity contribution in [1.82, 2.24) is 5.32 Å². The fourth-order valence-electron chi connectivity index (χ4n) is 2.31. The van der Waals surface area contributed by atoms with Gasteiger partial charge in [-0.2, -0.15) is 8.78 Å². The second kappa shape index (κ2) is 8.91. The molecule has 0 saturated heterocycles. The van der Waals surface area contributed by atoms with Crippen molar-refractivity contribution < 1.29 is 32.6 Å². The number of esters is 1. The van der Waals surface area contributed by atoms with Crippen molar-refractivity contribution in [3.05, 3.63) is 42.0 Å². The van der Waals surface area contributed by atoms with Crippen molar-refractivity contribution in [2.24, 2.45) is 5.92 Å². The van der Waals surface area contributed by atoms with Crippen molar-refractivity contribution >= 4 is 17.8 Å². The van der Waals surface area contributed by atoms with E-state index >= 15 is 0 Å². The Bertz CT molecular complexity index is 658. The molecule has 0 radical (unpaired) electrons. The van der Waals surface area contributed by atoms with Gasteiger partial charge in [-0.15, -0.1) is 0 Å². The van der Waals surface area contributed by atoms with Crippen molar-refractivity contribution in [2.45, 2.75) is 25.9 Å². The summed E-state index contributed by atoms with van der Waals surface area (Å²) in [5.41, 5.74) is 0.0809. The van der Waals surface area contributed by atoms with Gasteiger partial charge in [0.15, 0.2) is 6.61 Å². The van der Waals surface area contributed by atoms with E-state index in [2.05, 4.69) is 4.74 Å². The summed E-state index contributed by atoms with van der Waals surface area (Å²) in [5, 5.41) is 2.05. The zero-order chi connectivity index (χ0) is 18.2. The fourth-order valence-corrected chi connectivity index (χ4v) is 2.31. The minimum atomic E-state index is -2.96. The van der Waals surface area contributed by atoms with Crippen LogP contribution in [-0.2, 0) is 14.3 Å². The molecule has 2 amide bonds. The molecule has 0 spiro atoms. The molecular formula is C17H17F2NO5. The number of nitrogens with one attached hydrogen (secondary N) is 1. The molecule has 8 heteroatoms. The Morgan fingerprint density at radius 2 is 1.92 bits per heavy atom. The predicted molar refractivity (Wildman–Crippen MR) is 83.0 cm³/mol. The first-order chi connectivity index (χ1) is 11.9. The number of amides is 2. The van der Waals surface area contributed by atoms with Crippen LogP contribution >= 0.6 is 0 Å². The summed E-state index contributed by atoms with van der Waals surface area (Å²) in [7, 11) is 0. The highest BCUT2D eigenvalue weighted by Gasteiger charge is 2.17. The average Bonchev–Trinajstić information content (AvgIpc) is 3.06. The Balaban J connectivity index is 1.74. The first-order valence-electron chi connectivity index (χ1n) is 7.65. The van der Waals surface area contributed by atoms with Crippen molar-refractivity contribution in [3.8, 4) is 5.75 Å². The third-order valence-corrected chi connectivity index (χ3v) is 3.50. The normalized spacial score (nSPS) is 15.9. The maximum atomic E-state index is 12.0. The number of carbonyl (C=O) groups is 3. The van der Waals surface area contributed by atoms with Crippen LogP contribution in [0, 0.1) is 5.92 Å². The molecule has 1 aromatic carbocycles. The van der Waals surface area contributed by atoms with Gasteiger partial charge in [-0.05, 0) is 43.0 Å². The molecule has 0 fully saturated rings. The first-order valence-corrected chi connectivity index (χ1v) is 7.65. The Morgan fingerprint density at radius 3 is 2.52 bits per heavy atom. The molecule has 1 aromatic rings. The number of alkyl halides is 2. The number of rotatable bonds is 7. The summed E-state index contributed by atoms with van der Waals surface area (Å²) in [6.07, 6.45) is 5.93. The largest absolute Gasteiger partial charge is 0.456 e. The lowest BCUT2D eigenvalue weighted by atomic mass is 10.1. The van der Waals surface area contributed by atoms with Gasteiger partial charge in [0.25, 0.3) is 11.8 Å². The Kier molecular flexibility index (Phi) is 6.62. The van der Waals surface area contributed by atoms with Crippen LogP contribution < -0.4 is 10.1 Å². The van der Waals surface area contributed by atoms with Gasteiger partial charge >= 0.3 is 12.6 Å². The molecule has 0 bridgehead atoms. The molecule has 0 unspecified atom stereocenters. The number of hydrogen-bond acceptors (Lipinski definition) is 5. The zero-order valence-electron chi connectivity index (χ0n) is 13.2. The van der Waals surface area contributed by atoms with Crippen LogP contribution in [0.2, 0.25) is 0 Å². The molecule has 6 nitrogen and oxygen atoms in total. The van der Waals surface area contributed by atoms with Gasteiger partial charge < -0.3 is 9.47 Å². The van der Waals surface area contributed by atoms with E-state index in [0.29, 0.717) is 0 Å². The van der Waals surface area contributed by atoms with Gasteiger partial charge in [0.1, 0.15) is 5.75 Å². The number of benzene rings is 1. The minimum Gasteiger partial charge on any atom is -0.456 e. The monoisotopic (exact) mass is 353 g/mol. The van der Waals surface area contributed by atoms with E-state index in [9.17, 15) is 23.2 Å². The van der Waals surface area contributed by atoms with Gasteiger partial charge in [-0.1, -0.05) is 12.2 Å². The third kappa shape index (κ3) is 6.33. The lowest BCUT2D eigenvalue weighted by molar-refractivity contribution is -0.148. The SMILES string of the molecule is O=C(COC(=O)C[C@H]1C=CCC1)NC(=O)c1ccc(OC(F)F)cc1. The number of hydrogen-bond donors (Lipinski definition) is 1. The fraction of sp³-hybridized carbons (Fsp3) is 0.353. The summed E-state index contributed by atoms with van der Waals surface area (Å²) < 4.78 is 33.1. The van der Waals surface area contributed by atoms with Gasteiger partial charge in [-0.25, -0.2) is 0 Å². The third-order valence-electron chi connectivity index (χ3n) is 3.50. The first kappa shape index (κ1) is 18.6. The van der Waals surface area contributed by atoms with E-state index in [1.165, 1.54) is 24.3 Å². The molecule has 25 heavy (non-hydrogen) atoms. The quantitative estimate of drug-likeness (QED) is 0.601. The van der Waals surface area contributed by atoms with Crippen molar-refractivity contribution in [3.63, 3.8) is 0 Å². The second-order valence-electron chi connectivity index (χ2n) is 5.41. The molecule has 0 saturated carbocycles. The average molecular weight is 353 g/mol. The van der Waals surface area contributed by atoms with Gasteiger partial charge in [0.2, 0.25) is 0 Å². The molecule has 1 aliphatic carbocycles. The van der Waals surface area contributed by atoms with E-state index in [0.717, 1.165) is 12.8 Å². The van der Waals surface area contributed by atoms with Crippen LogP contribution in [0.1, 0.15) is 29.6 Å². The summed E-state index contributed by atoms with van der Waals surface area (Å²) in [5.74, 6) is -1.98. The second-order valence-corrected chi connectivity index (χ2v) is 5.41. The number of carbonyl (C=O) groups excluding carboxylic acids is 3. The minimum absolute atomic E-state index is 0.0809. The number of allylic oxidation sites excluding steroid dienone is 2. The molecule has 1 aliphatic rings. The number of imide groups is 1. The van der Waals surface area contributed by atoms with Crippen LogP contribution in [0.4, 0.5) is 8.78 Å². The lowest BCUT2D eigenvalue weighted by Gasteiger charge is -2.09. The molecule has 134 valence electrons. The Hall–Kier alpha value is -2.77. The molecule has 1 N–H and O–H groups in total. The summed E-state index contributed by atoms with van der Waals surface area (Å²) in [6, 6.07) is 4.83. The zero-order valence-corrected chi connectivity index (χ0v) is 13.2. The van der Waals surface area contributed by atoms with E-state index < -0.39 is 31.0 Å². The Morgan fingerprint density at radius 1 is 1.20 bits per heavy atom. The van der Waals surface area contributed by atoms with E-state index in [1.54, 1.807) is 0 Å². The van der Waals surface area contributed by atoms with Crippen molar-refractivity contribution in [1.29, 1.82) is 0 Å². The van der Waals surface area contributed by atoms with Crippen LogP contribution in [0.3, 0.4) is 0 Å². The van der Waals surface area contributed by atoms with Gasteiger partial charge in [0.05, 0.1) is 6.42 Å². The molecule has 0 aromatic heterocycles. The van der Waals surface area contributed by atoms with Crippen molar-refractivity contribution in [2.75, 3.05) is 6.61 Å². The van der Waals surface area contributed by atoms with E-state index in [-0.39, 0.29) is 23.7 Å². The number of halogens is 2. The Labute approximate surface area is 142 Å². The summed E-state index contributed by atoms with van der Waals surface area (Å²) >= 11 is 0. The van der Waals surface area contributed by atoms with Gasteiger partial charge in [0, 0.05) is 5.56 Å². The van der Waals surface area contributed by atoms with E-state index in [4.69, 9.17) is 4.74 Å². The molecular weight excluding hydrogens is 336 g/mol. The predicted octanol–water partition coefficient (Wildman–Crippen LogP) is 2.44. The standard InChI is InChI=1S/C17H17F2NO5/c18-17(19)25-13-7-5-12(6-8-13)16(23)20-14(21)10-24-15(22)9-11-3-1-2-4-11/h1,3,5-8,11,17H,2,4,9-10H2,(H,20,21,23)/t11-/m0/s1.